The molecule has 6 heteroatoms. The number of aromatic nitrogens is 1. The third kappa shape index (κ3) is 3.28. The highest BCUT2D eigenvalue weighted by molar-refractivity contribution is 5.88. The fraction of sp³-hybridized carbons (Fsp3) is 0.286. The van der Waals surface area contributed by atoms with Gasteiger partial charge < -0.3 is 19.4 Å². The molecule has 2 rings (SSSR count). The topological polar surface area (TPSA) is 67.6 Å². The molecule has 1 N–H and O–H groups in total. The molecule has 2 aromatic rings. The Morgan fingerprint density at radius 3 is 2.85 bits per heavy atom. The molecule has 0 aliphatic rings. The average Bonchev–Trinajstić information content (AvgIpc) is 2.93. The van der Waals surface area contributed by atoms with E-state index < -0.39 is 5.97 Å². The van der Waals surface area contributed by atoms with Crippen LogP contribution in [0.5, 0.6) is 0 Å². The normalized spacial score (nSPS) is 10.2. The molecule has 2 aromatic heterocycles. The minimum atomic E-state index is -0.406. The largest absolute Gasteiger partial charge is 0.467 e. The molecule has 0 aliphatic carbocycles. The van der Waals surface area contributed by atoms with Crippen LogP contribution in [0, 0.1) is 0 Å². The van der Waals surface area contributed by atoms with E-state index in [0.717, 1.165) is 11.5 Å². The van der Waals surface area contributed by atoms with Crippen LogP contribution >= 0.6 is 0 Å². The molecule has 20 heavy (non-hydrogen) atoms. The Balaban J connectivity index is 1.94. The number of pyridine rings is 1. The maximum absolute atomic E-state index is 11.3. The molecular formula is C14H17N3O3. The number of nitrogens with zero attached hydrogens (tertiary/aromatic N) is 2. The zero-order valence-corrected chi connectivity index (χ0v) is 11.7. The van der Waals surface area contributed by atoms with Crippen molar-refractivity contribution in [3.63, 3.8) is 0 Å². The van der Waals surface area contributed by atoms with Crippen LogP contribution in [-0.4, -0.2) is 32.2 Å². The second-order valence-corrected chi connectivity index (χ2v) is 4.45. The fourth-order valence-electron chi connectivity index (χ4n) is 1.64. The van der Waals surface area contributed by atoms with Crippen molar-refractivity contribution < 1.29 is 13.9 Å². The summed E-state index contributed by atoms with van der Waals surface area (Å²) in [7, 11) is 5.21. The van der Waals surface area contributed by atoms with Crippen LogP contribution in [0.2, 0.25) is 0 Å². The Labute approximate surface area is 117 Å². The van der Waals surface area contributed by atoms with Gasteiger partial charge in [0.2, 0.25) is 0 Å². The van der Waals surface area contributed by atoms with Crippen LogP contribution in [0.3, 0.4) is 0 Å². The lowest BCUT2D eigenvalue weighted by Crippen LogP contribution is -2.10. The Kier molecular flexibility index (Phi) is 4.24. The van der Waals surface area contributed by atoms with E-state index in [9.17, 15) is 4.79 Å². The van der Waals surface area contributed by atoms with Gasteiger partial charge in [0, 0.05) is 14.1 Å². The number of anilines is 2. The summed E-state index contributed by atoms with van der Waals surface area (Å²) in [5, 5.41) is 3.17. The predicted octanol–water partition coefficient (Wildman–Crippen LogP) is 2.14. The minimum Gasteiger partial charge on any atom is -0.467 e. The number of ether oxygens (including phenoxy) is 1. The predicted molar refractivity (Wildman–Crippen MR) is 75.9 cm³/mol. The van der Waals surface area contributed by atoms with Gasteiger partial charge in [-0.15, -0.1) is 0 Å². The molecule has 106 valence electrons. The van der Waals surface area contributed by atoms with Gasteiger partial charge in [0.1, 0.15) is 17.8 Å². The summed E-state index contributed by atoms with van der Waals surface area (Å²) in [4.78, 5) is 17.5. The number of esters is 1. The number of hydrogen-bond donors (Lipinski definition) is 1. The second-order valence-electron chi connectivity index (χ2n) is 4.45. The number of carbonyl (C=O) groups excluding carboxylic acids is 1. The highest BCUT2D eigenvalue weighted by Gasteiger charge is 2.09. The average molecular weight is 275 g/mol. The van der Waals surface area contributed by atoms with Gasteiger partial charge in [-0.25, -0.2) is 9.78 Å². The van der Waals surface area contributed by atoms with E-state index in [0.29, 0.717) is 17.9 Å². The number of hydrogen-bond acceptors (Lipinski definition) is 6. The van der Waals surface area contributed by atoms with Crippen molar-refractivity contribution in [3.05, 3.63) is 42.0 Å². The highest BCUT2D eigenvalue weighted by Crippen LogP contribution is 2.14. The molecule has 0 atom stereocenters. The van der Waals surface area contributed by atoms with Crippen LogP contribution in [-0.2, 0) is 11.3 Å². The standard InChI is InChI=1S/C14H17N3O3/c1-17(2)13-5-4-11(7-16-13)15-8-12-6-10(9-20-12)14(18)19-3/h4-7,9,15H,8H2,1-3H3. The Morgan fingerprint density at radius 1 is 1.45 bits per heavy atom. The molecule has 0 fully saturated rings. The van der Waals surface area contributed by atoms with E-state index in [-0.39, 0.29) is 0 Å². The molecule has 0 spiro atoms. The maximum atomic E-state index is 11.3. The monoisotopic (exact) mass is 275 g/mol. The molecule has 0 aromatic carbocycles. The summed E-state index contributed by atoms with van der Waals surface area (Å²) in [5.74, 6) is 1.14. The van der Waals surface area contributed by atoms with E-state index >= 15 is 0 Å². The van der Waals surface area contributed by atoms with Crippen LogP contribution in [0.15, 0.2) is 35.1 Å². The summed E-state index contributed by atoms with van der Waals surface area (Å²) >= 11 is 0. The van der Waals surface area contributed by atoms with Crippen molar-refractivity contribution >= 4 is 17.5 Å². The zero-order valence-electron chi connectivity index (χ0n) is 11.7. The van der Waals surface area contributed by atoms with Gasteiger partial charge in [-0.05, 0) is 18.2 Å². The lowest BCUT2D eigenvalue weighted by atomic mass is 10.3. The quantitative estimate of drug-likeness (QED) is 0.843. The maximum Gasteiger partial charge on any atom is 0.341 e. The van der Waals surface area contributed by atoms with E-state index in [2.05, 4.69) is 15.0 Å². The summed E-state index contributed by atoms with van der Waals surface area (Å²) in [6.07, 6.45) is 3.13. The molecule has 2 heterocycles. The first-order chi connectivity index (χ1) is 9.60. The first kappa shape index (κ1) is 13.9. The van der Waals surface area contributed by atoms with E-state index in [1.807, 2.05) is 31.1 Å². The van der Waals surface area contributed by atoms with Crippen LogP contribution < -0.4 is 10.2 Å². The lowest BCUT2D eigenvalue weighted by Gasteiger charge is -2.11. The molecule has 0 aliphatic heterocycles. The van der Waals surface area contributed by atoms with Crippen LogP contribution in [0.25, 0.3) is 0 Å². The minimum absolute atomic E-state index is 0.406. The first-order valence-electron chi connectivity index (χ1n) is 6.13. The van der Waals surface area contributed by atoms with Crippen molar-refractivity contribution in [1.82, 2.24) is 4.98 Å². The number of methoxy groups -OCH3 is 1. The lowest BCUT2D eigenvalue weighted by molar-refractivity contribution is 0.0600. The molecule has 0 saturated heterocycles. The molecule has 0 radical (unpaired) electrons. The summed E-state index contributed by atoms with van der Waals surface area (Å²) in [5.41, 5.74) is 1.29. The second kappa shape index (κ2) is 6.10. The summed E-state index contributed by atoms with van der Waals surface area (Å²) in [6, 6.07) is 5.51. The van der Waals surface area contributed by atoms with E-state index in [4.69, 9.17) is 4.42 Å². The Bertz CT molecular complexity index is 576. The van der Waals surface area contributed by atoms with Gasteiger partial charge in [0.25, 0.3) is 0 Å². The van der Waals surface area contributed by atoms with Gasteiger partial charge in [-0.1, -0.05) is 0 Å². The molecule has 0 amide bonds. The SMILES string of the molecule is COC(=O)c1coc(CNc2ccc(N(C)C)nc2)c1. The smallest absolute Gasteiger partial charge is 0.341 e. The fourth-order valence-corrected chi connectivity index (χ4v) is 1.64. The third-order valence-corrected chi connectivity index (χ3v) is 2.75. The van der Waals surface area contributed by atoms with Crippen molar-refractivity contribution in [2.75, 3.05) is 31.4 Å². The summed E-state index contributed by atoms with van der Waals surface area (Å²) in [6.45, 7) is 0.472. The van der Waals surface area contributed by atoms with Gasteiger partial charge in [-0.2, -0.15) is 0 Å². The molecular weight excluding hydrogens is 258 g/mol. The number of carbonyl (C=O) groups is 1. The number of rotatable bonds is 5. The third-order valence-electron chi connectivity index (χ3n) is 2.75. The first-order valence-corrected chi connectivity index (χ1v) is 6.13. The highest BCUT2D eigenvalue weighted by atomic mass is 16.5. The van der Waals surface area contributed by atoms with E-state index in [1.54, 1.807) is 12.3 Å². The molecule has 0 unspecified atom stereocenters. The van der Waals surface area contributed by atoms with Crippen molar-refractivity contribution in [2.45, 2.75) is 6.54 Å². The van der Waals surface area contributed by atoms with Crippen LogP contribution in [0.1, 0.15) is 16.1 Å². The van der Waals surface area contributed by atoms with Gasteiger partial charge >= 0.3 is 5.97 Å². The van der Waals surface area contributed by atoms with Crippen LogP contribution in [0.4, 0.5) is 11.5 Å². The van der Waals surface area contributed by atoms with Gasteiger partial charge in [0.15, 0.2) is 0 Å². The molecule has 0 saturated carbocycles. The summed E-state index contributed by atoms with van der Waals surface area (Å²) < 4.78 is 9.89. The van der Waals surface area contributed by atoms with E-state index in [1.165, 1.54) is 13.4 Å². The molecule has 0 bridgehead atoms. The Morgan fingerprint density at radius 2 is 2.25 bits per heavy atom. The Hall–Kier alpha value is -2.50. The zero-order chi connectivity index (χ0) is 14.5. The van der Waals surface area contributed by atoms with Crippen molar-refractivity contribution in [1.29, 1.82) is 0 Å². The van der Waals surface area contributed by atoms with Gasteiger partial charge in [0.05, 0.1) is 31.1 Å². The van der Waals surface area contributed by atoms with Crippen molar-refractivity contribution in [3.8, 4) is 0 Å². The van der Waals surface area contributed by atoms with Gasteiger partial charge in [-0.3, -0.25) is 0 Å². The number of furan rings is 1. The number of nitrogens with one attached hydrogen (secondary N) is 1. The van der Waals surface area contributed by atoms with Crippen molar-refractivity contribution in [2.24, 2.45) is 0 Å². The molecule has 6 nitrogen and oxygen atoms in total.